The Morgan fingerprint density at radius 3 is 1.74 bits per heavy atom. The molecule has 4 nitrogen and oxygen atoms in total. The van der Waals surface area contributed by atoms with Crippen molar-refractivity contribution in [3.8, 4) is 0 Å². The fourth-order valence-electron chi connectivity index (χ4n) is 4.78. The molecule has 0 aliphatic heterocycles. The highest BCUT2D eigenvalue weighted by Crippen LogP contribution is 2.40. The third-order valence-corrected chi connectivity index (χ3v) is 7.31. The number of hydrogen-bond donors (Lipinski definition) is 1. The summed E-state index contributed by atoms with van der Waals surface area (Å²) in [5.74, 6) is -1.02. The zero-order valence-corrected chi connectivity index (χ0v) is 22.1. The molecule has 0 saturated carbocycles. The van der Waals surface area contributed by atoms with Gasteiger partial charge in [0.1, 0.15) is 5.92 Å². The van der Waals surface area contributed by atoms with E-state index in [2.05, 4.69) is 26.6 Å². The summed E-state index contributed by atoms with van der Waals surface area (Å²) in [7, 11) is -0.514. The minimum atomic E-state index is -1.90. The average Bonchev–Trinajstić information content (AvgIpc) is 3.02. The van der Waals surface area contributed by atoms with E-state index in [0.29, 0.717) is 0 Å². The van der Waals surface area contributed by atoms with E-state index in [-0.39, 0.29) is 5.97 Å². The summed E-state index contributed by atoms with van der Waals surface area (Å²) < 4.78 is 11.5. The van der Waals surface area contributed by atoms with Gasteiger partial charge in [0.05, 0.1) is 18.8 Å². The van der Waals surface area contributed by atoms with Gasteiger partial charge in [-0.15, -0.1) is 0 Å². The first-order valence-corrected chi connectivity index (χ1v) is 16.3. The van der Waals surface area contributed by atoms with Crippen molar-refractivity contribution >= 4 is 14.3 Å². The maximum Gasteiger partial charge on any atom is 0.314 e. The molecule has 0 aromatic heterocycles. The lowest BCUT2D eigenvalue weighted by Crippen LogP contribution is -2.50. The molecule has 5 heteroatoms. The fourth-order valence-corrected chi connectivity index (χ4v) is 6.22. The van der Waals surface area contributed by atoms with Crippen LogP contribution in [0.3, 0.4) is 0 Å². The largest absolute Gasteiger partial charge is 0.469 e. The van der Waals surface area contributed by atoms with Crippen LogP contribution >= 0.6 is 0 Å². The van der Waals surface area contributed by atoms with Crippen molar-refractivity contribution in [3.05, 3.63) is 12.2 Å². The molecule has 0 bridgehead atoms. The topological polar surface area (TPSA) is 55.8 Å². The minimum Gasteiger partial charge on any atom is -0.469 e. The van der Waals surface area contributed by atoms with Gasteiger partial charge in [0.25, 0.3) is 0 Å². The number of aliphatic hydroxyl groups is 1. The normalized spacial score (nSPS) is 23.4. The molecule has 31 heavy (non-hydrogen) atoms. The molecule has 182 valence electrons. The smallest absolute Gasteiger partial charge is 0.314 e. The first-order valence-electron chi connectivity index (χ1n) is 12.9. The van der Waals surface area contributed by atoms with Crippen LogP contribution < -0.4 is 0 Å². The van der Waals surface area contributed by atoms with Crippen molar-refractivity contribution in [2.45, 2.75) is 135 Å². The van der Waals surface area contributed by atoms with Gasteiger partial charge in [0.15, 0.2) is 8.32 Å². The van der Waals surface area contributed by atoms with Gasteiger partial charge in [-0.3, -0.25) is 4.79 Å². The molecule has 0 fully saturated rings. The van der Waals surface area contributed by atoms with Gasteiger partial charge in [-0.25, -0.2) is 0 Å². The molecular formula is C26H50O4Si. The van der Waals surface area contributed by atoms with Crippen molar-refractivity contribution in [1.82, 2.24) is 0 Å². The minimum absolute atomic E-state index is 0.374. The van der Waals surface area contributed by atoms with E-state index in [1.165, 1.54) is 84.2 Å². The molecule has 0 amide bonds. The van der Waals surface area contributed by atoms with Crippen LogP contribution in [0.4, 0.5) is 0 Å². The van der Waals surface area contributed by atoms with Gasteiger partial charge >= 0.3 is 5.97 Å². The molecule has 0 heterocycles. The Morgan fingerprint density at radius 1 is 0.871 bits per heavy atom. The van der Waals surface area contributed by atoms with Crippen LogP contribution in [0.15, 0.2) is 12.2 Å². The first kappa shape index (κ1) is 28.4. The molecule has 3 atom stereocenters. The monoisotopic (exact) mass is 454 g/mol. The summed E-state index contributed by atoms with van der Waals surface area (Å²) in [5, 5.41) is 10.4. The van der Waals surface area contributed by atoms with Crippen molar-refractivity contribution < 1.29 is 19.1 Å². The van der Waals surface area contributed by atoms with Crippen LogP contribution in [0.1, 0.15) is 103 Å². The van der Waals surface area contributed by atoms with E-state index in [1.807, 2.05) is 6.08 Å². The summed E-state index contributed by atoms with van der Waals surface area (Å²) >= 11 is 0. The summed E-state index contributed by atoms with van der Waals surface area (Å²) in [4.78, 5) is 12.4. The van der Waals surface area contributed by atoms with E-state index in [4.69, 9.17) is 9.16 Å². The SMILES string of the molecule is CCCCCCCCCCCCCCCC[C@@]1(O[Si](C)(C)C)C=C[C@H](O)[C@@H]1C(=O)OC. The maximum absolute atomic E-state index is 12.4. The zero-order chi connectivity index (χ0) is 23.2. The lowest BCUT2D eigenvalue weighted by molar-refractivity contribution is -0.156. The predicted molar refractivity (Wildman–Crippen MR) is 133 cm³/mol. The zero-order valence-electron chi connectivity index (χ0n) is 21.1. The number of esters is 1. The van der Waals surface area contributed by atoms with Crippen molar-refractivity contribution in [1.29, 1.82) is 0 Å². The van der Waals surface area contributed by atoms with Crippen LogP contribution in [0.5, 0.6) is 0 Å². The lowest BCUT2D eigenvalue weighted by Gasteiger charge is -2.39. The summed E-state index contributed by atoms with van der Waals surface area (Å²) in [6.07, 6.45) is 22.1. The lowest BCUT2D eigenvalue weighted by atomic mass is 9.84. The number of rotatable bonds is 18. The Balaban J connectivity index is 2.25. The van der Waals surface area contributed by atoms with Crippen LogP contribution in [0.25, 0.3) is 0 Å². The van der Waals surface area contributed by atoms with Gasteiger partial charge in [-0.05, 0) is 26.1 Å². The van der Waals surface area contributed by atoms with E-state index in [1.54, 1.807) is 6.08 Å². The van der Waals surface area contributed by atoms with E-state index >= 15 is 0 Å². The Morgan fingerprint density at radius 2 is 1.32 bits per heavy atom. The molecule has 0 radical (unpaired) electrons. The van der Waals surface area contributed by atoms with E-state index in [0.717, 1.165) is 19.3 Å². The van der Waals surface area contributed by atoms with Gasteiger partial charge in [-0.2, -0.15) is 0 Å². The maximum atomic E-state index is 12.4. The molecule has 0 aromatic rings. The standard InChI is InChI=1S/C26H50O4Si/c1-6-7-8-9-10-11-12-13-14-15-16-17-18-19-21-26(30-31(3,4)5)22-20-23(27)24(26)25(28)29-2/h20,22-24,27H,6-19,21H2,1-5H3/t23-,24+,26+/m0/s1. The number of methoxy groups -OCH3 is 1. The second kappa shape index (κ2) is 15.2. The van der Waals surface area contributed by atoms with Crippen LogP contribution in [-0.4, -0.2) is 38.2 Å². The van der Waals surface area contributed by atoms with Gasteiger partial charge in [-0.1, -0.05) is 109 Å². The third kappa shape index (κ3) is 11.2. The molecule has 0 spiro atoms. The Hall–Kier alpha value is -0.653. The molecule has 0 aromatic carbocycles. The Bertz CT molecular complexity index is 514. The van der Waals surface area contributed by atoms with Crippen molar-refractivity contribution in [2.24, 2.45) is 5.92 Å². The quantitative estimate of drug-likeness (QED) is 0.103. The van der Waals surface area contributed by atoms with Gasteiger partial charge in [0, 0.05) is 0 Å². The predicted octanol–water partition coefficient (Wildman–Crippen LogP) is 7.17. The second-order valence-corrected chi connectivity index (χ2v) is 14.8. The van der Waals surface area contributed by atoms with Crippen LogP contribution in [-0.2, 0) is 14.0 Å². The molecule has 1 rings (SSSR count). The number of ether oxygens (including phenoxy) is 1. The van der Waals surface area contributed by atoms with Gasteiger partial charge in [0.2, 0.25) is 0 Å². The fraction of sp³-hybridized carbons (Fsp3) is 0.885. The van der Waals surface area contributed by atoms with E-state index in [9.17, 15) is 9.90 Å². The first-order chi connectivity index (χ1) is 14.8. The summed E-state index contributed by atoms with van der Waals surface area (Å²) in [6, 6.07) is 0. The highest BCUT2D eigenvalue weighted by molar-refractivity contribution is 6.69. The molecule has 1 aliphatic rings. The highest BCUT2D eigenvalue weighted by Gasteiger charge is 2.51. The summed E-state index contributed by atoms with van der Waals surface area (Å²) in [6.45, 7) is 8.67. The number of carbonyl (C=O) groups is 1. The van der Waals surface area contributed by atoms with Gasteiger partial charge < -0.3 is 14.3 Å². The van der Waals surface area contributed by atoms with E-state index < -0.39 is 25.9 Å². The summed E-state index contributed by atoms with van der Waals surface area (Å²) in [5.41, 5.74) is -0.714. The number of aliphatic hydroxyl groups excluding tert-OH is 1. The van der Waals surface area contributed by atoms with Crippen LogP contribution in [0.2, 0.25) is 19.6 Å². The van der Waals surface area contributed by atoms with Crippen molar-refractivity contribution in [3.63, 3.8) is 0 Å². The molecule has 0 unspecified atom stereocenters. The molecule has 1 aliphatic carbocycles. The number of carbonyl (C=O) groups excluding carboxylic acids is 1. The Labute approximate surface area is 193 Å². The van der Waals surface area contributed by atoms with Crippen LogP contribution in [0, 0.1) is 5.92 Å². The number of hydrogen-bond acceptors (Lipinski definition) is 4. The van der Waals surface area contributed by atoms with Crippen molar-refractivity contribution in [2.75, 3.05) is 7.11 Å². The second-order valence-electron chi connectivity index (χ2n) is 10.4. The highest BCUT2D eigenvalue weighted by atomic mass is 28.4. The number of unbranched alkanes of at least 4 members (excludes halogenated alkanes) is 13. The molecular weight excluding hydrogens is 404 g/mol. The average molecular weight is 455 g/mol. The third-order valence-electron chi connectivity index (χ3n) is 6.32. The molecule has 0 saturated heterocycles. The Kier molecular flexibility index (Phi) is 13.9. The molecule has 1 N–H and O–H groups in total.